The van der Waals surface area contributed by atoms with Gasteiger partial charge in [0, 0.05) is 62.8 Å². The lowest BCUT2D eigenvalue weighted by Crippen LogP contribution is -2.50. The van der Waals surface area contributed by atoms with Crippen LogP contribution >= 0.6 is 0 Å². The van der Waals surface area contributed by atoms with E-state index in [9.17, 15) is 4.79 Å². The first-order valence-electron chi connectivity index (χ1n) is 12.9. The number of H-pyrrole nitrogens is 1. The molecule has 1 saturated carbocycles. The second kappa shape index (κ2) is 10.2. The van der Waals surface area contributed by atoms with Gasteiger partial charge in [0.1, 0.15) is 11.6 Å². The second-order valence-electron chi connectivity index (χ2n) is 9.80. The lowest BCUT2D eigenvalue weighted by atomic mass is 9.84. The Hall–Kier alpha value is -3.98. The van der Waals surface area contributed by atoms with E-state index in [1.54, 1.807) is 19.5 Å². The number of anilines is 2. The van der Waals surface area contributed by atoms with Crippen LogP contribution in [0.2, 0.25) is 0 Å². The smallest absolute Gasteiger partial charge is 0.225 e. The number of nitrogens with zero attached hydrogens (tertiary/aromatic N) is 5. The molecule has 4 aromatic rings. The van der Waals surface area contributed by atoms with Crippen molar-refractivity contribution in [1.29, 1.82) is 0 Å². The fourth-order valence-corrected chi connectivity index (χ4v) is 5.07. The third kappa shape index (κ3) is 4.99. The number of aromatic nitrogens is 4. The van der Waals surface area contributed by atoms with Gasteiger partial charge in [-0.2, -0.15) is 0 Å². The number of piperazine rings is 1. The zero-order valence-corrected chi connectivity index (χ0v) is 21.0. The molecule has 1 amide bonds. The maximum absolute atomic E-state index is 12.5. The van der Waals surface area contributed by atoms with Crippen LogP contribution in [0, 0.1) is 5.92 Å². The first-order chi connectivity index (χ1) is 18.2. The number of aromatic amines is 1. The van der Waals surface area contributed by atoms with E-state index in [0.29, 0.717) is 11.9 Å². The number of pyridine rings is 2. The molecule has 1 aromatic carbocycles. The molecule has 0 spiro atoms. The highest BCUT2D eigenvalue weighted by atomic mass is 16.5. The molecule has 0 bridgehead atoms. The molecule has 2 fully saturated rings. The van der Waals surface area contributed by atoms with Crippen molar-refractivity contribution in [2.45, 2.75) is 25.8 Å². The molecule has 1 aliphatic heterocycles. The molecule has 0 atom stereocenters. The fraction of sp³-hybridized carbons (Fsp3) is 0.357. The number of imidazole rings is 1. The minimum Gasteiger partial charge on any atom is -0.496 e. The van der Waals surface area contributed by atoms with E-state index in [-0.39, 0.29) is 5.92 Å². The van der Waals surface area contributed by atoms with Crippen LogP contribution in [0.15, 0.2) is 55.0 Å². The van der Waals surface area contributed by atoms with Gasteiger partial charge in [0.05, 0.1) is 18.1 Å². The van der Waals surface area contributed by atoms with Gasteiger partial charge in [-0.15, -0.1) is 0 Å². The molecule has 1 aliphatic carbocycles. The average molecular weight is 498 g/mol. The summed E-state index contributed by atoms with van der Waals surface area (Å²) < 4.78 is 5.49. The predicted octanol–water partition coefficient (Wildman–Crippen LogP) is 4.22. The molecule has 6 rings (SSSR count). The van der Waals surface area contributed by atoms with Crippen LogP contribution in [-0.4, -0.2) is 68.9 Å². The second-order valence-corrected chi connectivity index (χ2v) is 9.80. The first kappa shape index (κ1) is 23.4. The number of hydrogen-bond donors (Lipinski definition) is 2. The average Bonchev–Trinajstić information content (AvgIpc) is 3.29. The molecule has 4 heterocycles. The summed E-state index contributed by atoms with van der Waals surface area (Å²) in [6.07, 6.45) is 8.68. The van der Waals surface area contributed by atoms with Crippen molar-refractivity contribution in [1.82, 2.24) is 29.7 Å². The van der Waals surface area contributed by atoms with E-state index in [0.717, 1.165) is 79.3 Å². The summed E-state index contributed by atoms with van der Waals surface area (Å²) in [6.45, 7) is 4.27. The molecular weight excluding hydrogens is 466 g/mol. The summed E-state index contributed by atoms with van der Waals surface area (Å²) in [5.74, 6) is 2.80. The van der Waals surface area contributed by atoms with Crippen molar-refractivity contribution in [2.75, 3.05) is 38.6 Å². The maximum Gasteiger partial charge on any atom is 0.225 e. The summed E-state index contributed by atoms with van der Waals surface area (Å²) >= 11 is 0. The lowest BCUT2D eigenvalue weighted by Gasteiger charge is -2.38. The van der Waals surface area contributed by atoms with Gasteiger partial charge in [-0.3, -0.25) is 14.7 Å². The molecular formula is C28H31N7O2. The van der Waals surface area contributed by atoms with Crippen molar-refractivity contribution in [3.8, 4) is 16.9 Å². The van der Waals surface area contributed by atoms with Crippen molar-refractivity contribution >= 4 is 28.7 Å². The fourth-order valence-electron chi connectivity index (χ4n) is 5.07. The molecule has 2 aliphatic rings. The lowest BCUT2D eigenvalue weighted by molar-refractivity contribution is -0.140. The third-order valence-corrected chi connectivity index (χ3v) is 7.41. The van der Waals surface area contributed by atoms with E-state index < -0.39 is 0 Å². The highest BCUT2D eigenvalue weighted by molar-refractivity contribution is 5.85. The number of fused-ring (bicyclic) bond motifs is 1. The Bertz CT molecular complexity index is 1410. The molecule has 3 aromatic heterocycles. The Labute approximate surface area is 215 Å². The highest BCUT2D eigenvalue weighted by Crippen LogP contribution is 2.31. The number of benzene rings is 1. The Balaban J connectivity index is 1.11. The number of nitrogens with one attached hydrogen (secondary N) is 2. The molecule has 37 heavy (non-hydrogen) atoms. The number of ether oxygens (including phenoxy) is 1. The van der Waals surface area contributed by atoms with Gasteiger partial charge >= 0.3 is 0 Å². The maximum atomic E-state index is 12.5. The van der Waals surface area contributed by atoms with E-state index in [1.807, 2.05) is 36.5 Å². The number of amides is 1. The summed E-state index contributed by atoms with van der Waals surface area (Å²) in [6, 6.07) is 12.0. The zero-order chi connectivity index (χ0) is 25.2. The van der Waals surface area contributed by atoms with Gasteiger partial charge in [-0.1, -0.05) is 12.5 Å². The number of rotatable bonds is 7. The van der Waals surface area contributed by atoms with Gasteiger partial charge in [0.25, 0.3) is 0 Å². The van der Waals surface area contributed by atoms with Crippen LogP contribution in [0.1, 0.15) is 24.8 Å². The minimum absolute atomic E-state index is 0.281. The number of methoxy groups -OCH3 is 1. The number of carbonyl (C=O) groups excluding carboxylic acids is 1. The molecule has 1 saturated heterocycles. The van der Waals surface area contributed by atoms with Crippen LogP contribution in [0.3, 0.4) is 0 Å². The Morgan fingerprint density at radius 2 is 1.97 bits per heavy atom. The Morgan fingerprint density at radius 3 is 2.76 bits per heavy atom. The molecule has 9 nitrogen and oxygen atoms in total. The summed E-state index contributed by atoms with van der Waals surface area (Å²) in [4.78, 5) is 33.7. The van der Waals surface area contributed by atoms with E-state index in [2.05, 4.69) is 41.1 Å². The zero-order valence-electron chi connectivity index (χ0n) is 21.0. The monoisotopic (exact) mass is 497 g/mol. The van der Waals surface area contributed by atoms with Crippen LogP contribution in [0.5, 0.6) is 5.75 Å². The normalized spacial score (nSPS) is 16.5. The predicted molar refractivity (Wildman–Crippen MR) is 143 cm³/mol. The van der Waals surface area contributed by atoms with Crippen molar-refractivity contribution < 1.29 is 9.53 Å². The SMILES string of the molecule is COc1ccncc1-c1ccc2nc(Nc3cc(CN4CCN(C(=O)C5CCC5)CC4)ccn3)[nH]c2c1. The van der Waals surface area contributed by atoms with Crippen molar-refractivity contribution in [3.63, 3.8) is 0 Å². The van der Waals surface area contributed by atoms with Gasteiger partial charge < -0.3 is 19.9 Å². The summed E-state index contributed by atoms with van der Waals surface area (Å²) in [7, 11) is 1.66. The van der Waals surface area contributed by atoms with Crippen molar-refractivity contribution in [2.24, 2.45) is 5.92 Å². The topological polar surface area (TPSA) is 99.3 Å². The highest BCUT2D eigenvalue weighted by Gasteiger charge is 2.31. The van der Waals surface area contributed by atoms with Gasteiger partial charge in [-0.05, 0) is 54.3 Å². The van der Waals surface area contributed by atoms with Crippen LogP contribution in [0.25, 0.3) is 22.2 Å². The number of hydrogen-bond acceptors (Lipinski definition) is 7. The Kier molecular flexibility index (Phi) is 6.44. The molecule has 190 valence electrons. The minimum atomic E-state index is 0.281. The van der Waals surface area contributed by atoms with Crippen LogP contribution in [-0.2, 0) is 11.3 Å². The van der Waals surface area contributed by atoms with Crippen LogP contribution in [0.4, 0.5) is 11.8 Å². The van der Waals surface area contributed by atoms with Gasteiger partial charge in [0.2, 0.25) is 11.9 Å². The quantitative estimate of drug-likeness (QED) is 0.394. The summed E-state index contributed by atoms with van der Waals surface area (Å²) in [5.41, 5.74) is 4.88. The van der Waals surface area contributed by atoms with Gasteiger partial charge in [0.15, 0.2) is 0 Å². The Morgan fingerprint density at radius 1 is 1.11 bits per heavy atom. The van der Waals surface area contributed by atoms with Crippen LogP contribution < -0.4 is 10.1 Å². The summed E-state index contributed by atoms with van der Waals surface area (Å²) in [5, 5.41) is 3.31. The number of carbonyl (C=O) groups is 1. The van der Waals surface area contributed by atoms with Gasteiger partial charge in [-0.25, -0.2) is 9.97 Å². The molecule has 0 radical (unpaired) electrons. The first-order valence-corrected chi connectivity index (χ1v) is 12.9. The standard InChI is InChI=1S/C28H31N7O2/c1-37-25-8-9-29-17-22(25)21-5-6-23-24(16-21)32-28(31-23)33-26-15-19(7-10-30-26)18-34-11-13-35(14-12-34)27(36)20-3-2-4-20/h5-10,15-17,20H,2-4,11-14,18H2,1H3,(H2,30,31,32,33). The van der Waals surface area contributed by atoms with E-state index in [1.165, 1.54) is 12.0 Å². The third-order valence-electron chi connectivity index (χ3n) is 7.41. The molecule has 0 unspecified atom stereocenters. The van der Waals surface area contributed by atoms with E-state index >= 15 is 0 Å². The van der Waals surface area contributed by atoms with Crippen molar-refractivity contribution in [3.05, 3.63) is 60.6 Å². The molecule has 9 heteroatoms. The van der Waals surface area contributed by atoms with E-state index in [4.69, 9.17) is 4.74 Å². The largest absolute Gasteiger partial charge is 0.496 e. The molecule has 2 N–H and O–H groups in total.